The van der Waals surface area contributed by atoms with Gasteiger partial charge in [0, 0.05) is 16.8 Å². The Morgan fingerprint density at radius 2 is 1.78 bits per heavy atom. The summed E-state index contributed by atoms with van der Waals surface area (Å²) in [4.78, 5) is 11.4. The molecule has 0 atom stereocenters. The number of carbonyl (C=O) groups excluding carboxylic acids is 1. The van der Waals surface area contributed by atoms with Gasteiger partial charge in [0.05, 0.1) is 5.69 Å². The maximum Gasteiger partial charge on any atom is 0.167 e. The average molecular weight is 235 g/mol. The van der Waals surface area contributed by atoms with E-state index in [1.54, 1.807) is 0 Å². The van der Waals surface area contributed by atoms with Crippen LogP contribution in [0.25, 0.3) is 16.6 Å². The summed E-state index contributed by atoms with van der Waals surface area (Å²) in [5.41, 5.74) is 4.89. The minimum absolute atomic E-state index is 0.717. The van der Waals surface area contributed by atoms with Gasteiger partial charge in [0.2, 0.25) is 0 Å². The van der Waals surface area contributed by atoms with Crippen LogP contribution in [0.15, 0.2) is 54.6 Å². The van der Waals surface area contributed by atoms with E-state index in [0.29, 0.717) is 5.69 Å². The number of pyridine rings is 1. The number of aryl methyl sites for hydroxylation is 1. The standard InChI is InChI=1S/C16H13NO/c1-12-6-5-9-14-10-15(16(11-18)17(12)14)13-7-3-2-4-8-13/h2-11H,1H3. The molecule has 2 heterocycles. The molecule has 2 aromatic heterocycles. The Labute approximate surface area is 105 Å². The van der Waals surface area contributed by atoms with Crippen LogP contribution in [-0.2, 0) is 0 Å². The Morgan fingerprint density at radius 3 is 2.50 bits per heavy atom. The molecule has 0 unspecified atom stereocenters. The zero-order chi connectivity index (χ0) is 12.5. The lowest BCUT2D eigenvalue weighted by atomic mass is 10.1. The van der Waals surface area contributed by atoms with E-state index in [2.05, 4.69) is 6.07 Å². The third kappa shape index (κ3) is 1.54. The van der Waals surface area contributed by atoms with E-state index >= 15 is 0 Å². The number of carbonyl (C=O) groups is 1. The van der Waals surface area contributed by atoms with Crippen molar-refractivity contribution in [3.05, 3.63) is 66.0 Å². The van der Waals surface area contributed by atoms with Crippen molar-refractivity contribution in [3.8, 4) is 11.1 Å². The van der Waals surface area contributed by atoms with E-state index in [-0.39, 0.29) is 0 Å². The van der Waals surface area contributed by atoms with E-state index in [1.807, 2.05) is 59.9 Å². The van der Waals surface area contributed by atoms with Gasteiger partial charge in [-0.05, 0) is 30.7 Å². The van der Waals surface area contributed by atoms with Gasteiger partial charge < -0.3 is 4.40 Å². The molecule has 0 bridgehead atoms. The fourth-order valence-corrected chi connectivity index (χ4v) is 2.39. The first-order valence-corrected chi connectivity index (χ1v) is 5.93. The first kappa shape index (κ1) is 10.8. The van der Waals surface area contributed by atoms with Gasteiger partial charge in [-0.15, -0.1) is 0 Å². The lowest BCUT2D eigenvalue weighted by Gasteiger charge is -2.03. The van der Waals surface area contributed by atoms with Crippen molar-refractivity contribution in [1.82, 2.24) is 4.40 Å². The number of hydrogen-bond donors (Lipinski definition) is 0. The molecule has 3 aromatic rings. The first-order chi connectivity index (χ1) is 8.81. The molecule has 88 valence electrons. The van der Waals surface area contributed by atoms with Crippen molar-refractivity contribution in [2.45, 2.75) is 6.92 Å². The second-order valence-electron chi connectivity index (χ2n) is 4.35. The minimum Gasteiger partial charge on any atom is -0.311 e. The molecule has 0 N–H and O–H groups in total. The fourth-order valence-electron chi connectivity index (χ4n) is 2.39. The van der Waals surface area contributed by atoms with Crippen LogP contribution >= 0.6 is 0 Å². The van der Waals surface area contributed by atoms with Gasteiger partial charge in [0.25, 0.3) is 0 Å². The van der Waals surface area contributed by atoms with Gasteiger partial charge in [-0.1, -0.05) is 36.4 Å². The summed E-state index contributed by atoms with van der Waals surface area (Å²) in [6.07, 6.45) is 0.933. The Balaban J connectivity index is 2.37. The molecule has 0 aliphatic carbocycles. The van der Waals surface area contributed by atoms with Crippen LogP contribution in [0.1, 0.15) is 16.2 Å². The van der Waals surface area contributed by atoms with E-state index in [4.69, 9.17) is 0 Å². The summed E-state index contributed by atoms with van der Waals surface area (Å²) in [6.45, 7) is 2.01. The summed E-state index contributed by atoms with van der Waals surface area (Å²) in [5, 5.41) is 0. The number of hydrogen-bond acceptors (Lipinski definition) is 1. The Bertz CT molecular complexity index is 711. The molecule has 0 fully saturated rings. The molecule has 0 aliphatic heterocycles. The normalized spacial score (nSPS) is 10.7. The van der Waals surface area contributed by atoms with Crippen LogP contribution in [0.4, 0.5) is 0 Å². The second kappa shape index (κ2) is 4.15. The van der Waals surface area contributed by atoms with E-state index in [0.717, 1.165) is 28.6 Å². The van der Waals surface area contributed by atoms with Crippen LogP contribution < -0.4 is 0 Å². The smallest absolute Gasteiger partial charge is 0.167 e. The zero-order valence-corrected chi connectivity index (χ0v) is 10.1. The highest BCUT2D eigenvalue weighted by Crippen LogP contribution is 2.27. The van der Waals surface area contributed by atoms with E-state index in [9.17, 15) is 4.79 Å². The molecular formula is C16H13NO. The maximum absolute atomic E-state index is 11.4. The molecule has 0 saturated heterocycles. The Hall–Kier alpha value is -2.35. The molecule has 0 saturated carbocycles. The number of benzene rings is 1. The summed E-state index contributed by atoms with van der Waals surface area (Å²) in [5.74, 6) is 0. The molecule has 2 heteroatoms. The number of rotatable bonds is 2. The van der Waals surface area contributed by atoms with Gasteiger partial charge in [-0.2, -0.15) is 0 Å². The van der Waals surface area contributed by atoms with E-state index in [1.165, 1.54) is 0 Å². The number of aldehydes is 1. The molecule has 0 radical (unpaired) electrons. The third-order valence-electron chi connectivity index (χ3n) is 3.22. The highest BCUT2D eigenvalue weighted by molar-refractivity contribution is 5.90. The summed E-state index contributed by atoms with van der Waals surface area (Å²) in [7, 11) is 0. The van der Waals surface area contributed by atoms with Gasteiger partial charge in [0.15, 0.2) is 6.29 Å². The maximum atomic E-state index is 11.4. The van der Waals surface area contributed by atoms with E-state index < -0.39 is 0 Å². The number of fused-ring (bicyclic) bond motifs is 1. The summed E-state index contributed by atoms with van der Waals surface area (Å²) in [6, 6.07) is 18.1. The van der Waals surface area contributed by atoms with Crippen LogP contribution in [0.2, 0.25) is 0 Å². The van der Waals surface area contributed by atoms with Crippen LogP contribution in [0.3, 0.4) is 0 Å². The second-order valence-corrected chi connectivity index (χ2v) is 4.35. The number of aromatic nitrogens is 1. The van der Waals surface area contributed by atoms with Gasteiger partial charge in [-0.3, -0.25) is 4.79 Å². The molecule has 1 aromatic carbocycles. The fraction of sp³-hybridized carbons (Fsp3) is 0.0625. The molecule has 0 aliphatic rings. The minimum atomic E-state index is 0.717. The molecule has 2 nitrogen and oxygen atoms in total. The monoisotopic (exact) mass is 235 g/mol. The van der Waals surface area contributed by atoms with Crippen molar-refractivity contribution < 1.29 is 4.79 Å². The Kier molecular flexibility index (Phi) is 2.49. The summed E-state index contributed by atoms with van der Waals surface area (Å²) < 4.78 is 2.00. The SMILES string of the molecule is Cc1cccc2cc(-c3ccccc3)c(C=O)n12. The van der Waals surface area contributed by atoms with Crippen LogP contribution in [-0.4, -0.2) is 10.7 Å². The Morgan fingerprint density at radius 1 is 1.00 bits per heavy atom. The molecule has 0 spiro atoms. The molecular weight excluding hydrogens is 222 g/mol. The average Bonchev–Trinajstić information content (AvgIpc) is 2.79. The topological polar surface area (TPSA) is 21.5 Å². The molecule has 3 rings (SSSR count). The van der Waals surface area contributed by atoms with Gasteiger partial charge >= 0.3 is 0 Å². The van der Waals surface area contributed by atoms with Crippen LogP contribution in [0.5, 0.6) is 0 Å². The predicted octanol–water partition coefficient (Wildman–Crippen LogP) is 3.73. The first-order valence-electron chi connectivity index (χ1n) is 5.93. The van der Waals surface area contributed by atoms with Gasteiger partial charge in [0.1, 0.15) is 0 Å². The highest BCUT2D eigenvalue weighted by atomic mass is 16.1. The quantitative estimate of drug-likeness (QED) is 0.620. The van der Waals surface area contributed by atoms with Crippen molar-refractivity contribution in [3.63, 3.8) is 0 Å². The lowest BCUT2D eigenvalue weighted by molar-refractivity contribution is 0.111. The predicted molar refractivity (Wildman–Crippen MR) is 73.0 cm³/mol. The largest absolute Gasteiger partial charge is 0.311 e. The lowest BCUT2D eigenvalue weighted by Crippen LogP contribution is -1.96. The molecule has 18 heavy (non-hydrogen) atoms. The summed E-state index contributed by atoms with van der Waals surface area (Å²) >= 11 is 0. The molecule has 0 amide bonds. The van der Waals surface area contributed by atoms with Crippen molar-refractivity contribution in [1.29, 1.82) is 0 Å². The van der Waals surface area contributed by atoms with Crippen molar-refractivity contribution in [2.24, 2.45) is 0 Å². The number of nitrogens with zero attached hydrogens (tertiary/aromatic N) is 1. The van der Waals surface area contributed by atoms with Gasteiger partial charge in [-0.25, -0.2) is 0 Å². The van der Waals surface area contributed by atoms with Crippen molar-refractivity contribution >= 4 is 11.8 Å². The van der Waals surface area contributed by atoms with Crippen LogP contribution in [0, 0.1) is 6.92 Å². The van der Waals surface area contributed by atoms with Crippen molar-refractivity contribution in [2.75, 3.05) is 0 Å². The zero-order valence-electron chi connectivity index (χ0n) is 10.1. The highest BCUT2D eigenvalue weighted by Gasteiger charge is 2.11. The third-order valence-corrected chi connectivity index (χ3v) is 3.22.